The van der Waals surface area contributed by atoms with Crippen LogP contribution in [0.1, 0.15) is 31.4 Å². The maximum Gasteiger partial charge on any atom is 0.0607 e. The number of aliphatic hydroxyl groups excluding tert-OH is 1. The molecule has 1 aliphatic rings. The standard InChI is InChI=1S/C14H22N2O/c1-14(2,10-17)16-9-12-6-3-5-11-7-4-8-15-13(11)12/h3,5-6,15-17H,4,7-10H2,1-2H3. The molecule has 94 valence electrons. The number of para-hydroxylation sites is 1. The monoisotopic (exact) mass is 234 g/mol. The first kappa shape index (κ1) is 12.4. The van der Waals surface area contributed by atoms with Crippen LogP contribution in [0, 0.1) is 0 Å². The summed E-state index contributed by atoms with van der Waals surface area (Å²) in [5.41, 5.74) is 3.78. The quantitative estimate of drug-likeness (QED) is 0.745. The molecule has 17 heavy (non-hydrogen) atoms. The summed E-state index contributed by atoms with van der Waals surface area (Å²) >= 11 is 0. The van der Waals surface area contributed by atoms with Gasteiger partial charge >= 0.3 is 0 Å². The lowest BCUT2D eigenvalue weighted by Crippen LogP contribution is -2.42. The number of aryl methyl sites for hydroxylation is 1. The Kier molecular flexibility index (Phi) is 3.69. The van der Waals surface area contributed by atoms with E-state index in [2.05, 4.69) is 28.8 Å². The Hall–Kier alpha value is -1.06. The maximum atomic E-state index is 9.23. The third-order valence-corrected chi connectivity index (χ3v) is 3.31. The molecule has 0 saturated carbocycles. The van der Waals surface area contributed by atoms with Gasteiger partial charge in [0.05, 0.1) is 6.61 Å². The van der Waals surface area contributed by atoms with Crippen molar-refractivity contribution < 1.29 is 5.11 Å². The molecule has 0 amide bonds. The van der Waals surface area contributed by atoms with E-state index in [1.165, 1.54) is 29.7 Å². The van der Waals surface area contributed by atoms with Crippen LogP contribution in [-0.4, -0.2) is 23.8 Å². The first-order valence-corrected chi connectivity index (χ1v) is 6.33. The lowest BCUT2D eigenvalue weighted by atomic mass is 9.98. The van der Waals surface area contributed by atoms with Gasteiger partial charge in [0, 0.05) is 24.3 Å². The number of rotatable bonds is 4. The average molecular weight is 234 g/mol. The predicted molar refractivity (Wildman–Crippen MR) is 71.3 cm³/mol. The van der Waals surface area contributed by atoms with Crippen molar-refractivity contribution in [2.45, 2.75) is 38.8 Å². The number of hydrogen-bond acceptors (Lipinski definition) is 3. The van der Waals surface area contributed by atoms with Crippen molar-refractivity contribution in [2.24, 2.45) is 0 Å². The molecule has 1 heterocycles. The summed E-state index contributed by atoms with van der Waals surface area (Å²) in [5, 5.41) is 16.1. The number of anilines is 1. The van der Waals surface area contributed by atoms with E-state index in [4.69, 9.17) is 0 Å². The highest BCUT2D eigenvalue weighted by atomic mass is 16.3. The van der Waals surface area contributed by atoms with Crippen molar-refractivity contribution in [3.05, 3.63) is 29.3 Å². The van der Waals surface area contributed by atoms with Crippen LogP contribution in [0.25, 0.3) is 0 Å². The van der Waals surface area contributed by atoms with Gasteiger partial charge in [0.15, 0.2) is 0 Å². The number of hydrogen-bond donors (Lipinski definition) is 3. The van der Waals surface area contributed by atoms with Gasteiger partial charge in [0.1, 0.15) is 0 Å². The Morgan fingerprint density at radius 3 is 3.00 bits per heavy atom. The molecule has 3 heteroatoms. The maximum absolute atomic E-state index is 9.23. The second-order valence-electron chi connectivity index (χ2n) is 5.38. The van der Waals surface area contributed by atoms with Gasteiger partial charge in [0.2, 0.25) is 0 Å². The second-order valence-corrected chi connectivity index (χ2v) is 5.38. The second kappa shape index (κ2) is 5.07. The van der Waals surface area contributed by atoms with Crippen LogP contribution < -0.4 is 10.6 Å². The van der Waals surface area contributed by atoms with Crippen molar-refractivity contribution in [1.29, 1.82) is 0 Å². The zero-order valence-corrected chi connectivity index (χ0v) is 10.7. The van der Waals surface area contributed by atoms with Gasteiger partial charge in [-0.05, 0) is 37.8 Å². The average Bonchev–Trinajstić information content (AvgIpc) is 2.36. The lowest BCUT2D eigenvalue weighted by molar-refractivity contribution is 0.187. The highest BCUT2D eigenvalue weighted by Gasteiger charge is 2.17. The highest BCUT2D eigenvalue weighted by Crippen LogP contribution is 2.26. The zero-order valence-electron chi connectivity index (χ0n) is 10.7. The van der Waals surface area contributed by atoms with E-state index in [0.29, 0.717) is 0 Å². The summed E-state index contributed by atoms with van der Waals surface area (Å²) in [6.07, 6.45) is 2.38. The molecule has 0 aliphatic carbocycles. The van der Waals surface area contributed by atoms with E-state index in [1.54, 1.807) is 0 Å². The van der Waals surface area contributed by atoms with Crippen molar-refractivity contribution in [3.8, 4) is 0 Å². The van der Waals surface area contributed by atoms with Crippen LogP contribution in [-0.2, 0) is 13.0 Å². The molecule has 0 aromatic heterocycles. The zero-order chi connectivity index (χ0) is 12.3. The lowest BCUT2D eigenvalue weighted by Gasteiger charge is -2.26. The summed E-state index contributed by atoms with van der Waals surface area (Å²) in [6.45, 7) is 6.03. The number of aliphatic hydroxyl groups is 1. The molecule has 2 rings (SSSR count). The van der Waals surface area contributed by atoms with Crippen molar-refractivity contribution in [1.82, 2.24) is 5.32 Å². The Morgan fingerprint density at radius 1 is 1.41 bits per heavy atom. The van der Waals surface area contributed by atoms with Gasteiger partial charge in [-0.15, -0.1) is 0 Å². The van der Waals surface area contributed by atoms with Crippen LogP contribution in [0.3, 0.4) is 0 Å². The fraction of sp³-hybridized carbons (Fsp3) is 0.571. The van der Waals surface area contributed by atoms with E-state index in [0.717, 1.165) is 13.1 Å². The predicted octanol–water partition coefficient (Wildman–Crippen LogP) is 1.91. The first-order valence-electron chi connectivity index (χ1n) is 6.33. The van der Waals surface area contributed by atoms with E-state index in [1.807, 2.05) is 13.8 Å². The molecule has 1 aliphatic heterocycles. The van der Waals surface area contributed by atoms with E-state index < -0.39 is 0 Å². The van der Waals surface area contributed by atoms with Crippen LogP contribution >= 0.6 is 0 Å². The normalized spacial score (nSPS) is 15.2. The van der Waals surface area contributed by atoms with Crippen LogP contribution in [0.15, 0.2) is 18.2 Å². The molecule has 0 fully saturated rings. The van der Waals surface area contributed by atoms with Gasteiger partial charge < -0.3 is 15.7 Å². The molecule has 0 saturated heterocycles. The van der Waals surface area contributed by atoms with E-state index in [9.17, 15) is 5.11 Å². The summed E-state index contributed by atoms with van der Waals surface area (Å²) < 4.78 is 0. The van der Waals surface area contributed by atoms with Crippen LogP contribution in [0.4, 0.5) is 5.69 Å². The third-order valence-electron chi connectivity index (χ3n) is 3.31. The number of benzene rings is 1. The fourth-order valence-corrected chi connectivity index (χ4v) is 2.12. The minimum absolute atomic E-state index is 0.148. The van der Waals surface area contributed by atoms with Crippen molar-refractivity contribution in [3.63, 3.8) is 0 Å². The largest absolute Gasteiger partial charge is 0.394 e. The topological polar surface area (TPSA) is 44.3 Å². The van der Waals surface area contributed by atoms with Gasteiger partial charge in [-0.1, -0.05) is 18.2 Å². The van der Waals surface area contributed by atoms with Crippen molar-refractivity contribution in [2.75, 3.05) is 18.5 Å². The molecule has 3 N–H and O–H groups in total. The SMILES string of the molecule is CC(C)(CO)NCc1cccc2c1NCCC2. The summed E-state index contributed by atoms with van der Waals surface area (Å²) in [7, 11) is 0. The van der Waals surface area contributed by atoms with Gasteiger partial charge in [-0.3, -0.25) is 0 Å². The molecule has 0 atom stereocenters. The molecular weight excluding hydrogens is 212 g/mol. The van der Waals surface area contributed by atoms with Crippen LogP contribution in [0.5, 0.6) is 0 Å². The number of nitrogens with one attached hydrogen (secondary N) is 2. The molecule has 0 spiro atoms. The molecule has 0 bridgehead atoms. The Morgan fingerprint density at radius 2 is 2.24 bits per heavy atom. The molecule has 1 aromatic carbocycles. The highest BCUT2D eigenvalue weighted by molar-refractivity contribution is 5.59. The minimum atomic E-state index is -0.225. The Balaban J connectivity index is 2.11. The summed E-state index contributed by atoms with van der Waals surface area (Å²) in [4.78, 5) is 0. The smallest absolute Gasteiger partial charge is 0.0607 e. The molecular formula is C14H22N2O. The van der Waals surface area contributed by atoms with Crippen LogP contribution in [0.2, 0.25) is 0 Å². The summed E-state index contributed by atoms with van der Waals surface area (Å²) in [5.74, 6) is 0. The Labute approximate surface area is 103 Å². The Bertz CT molecular complexity index is 388. The minimum Gasteiger partial charge on any atom is -0.394 e. The summed E-state index contributed by atoms with van der Waals surface area (Å²) in [6, 6.07) is 6.47. The van der Waals surface area contributed by atoms with Gasteiger partial charge in [0.25, 0.3) is 0 Å². The molecule has 3 nitrogen and oxygen atoms in total. The van der Waals surface area contributed by atoms with E-state index >= 15 is 0 Å². The molecule has 0 unspecified atom stereocenters. The van der Waals surface area contributed by atoms with Crippen molar-refractivity contribution >= 4 is 5.69 Å². The molecule has 0 radical (unpaired) electrons. The van der Waals surface area contributed by atoms with Gasteiger partial charge in [-0.25, -0.2) is 0 Å². The molecule has 1 aromatic rings. The van der Waals surface area contributed by atoms with E-state index in [-0.39, 0.29) is 12.1 Å². The fourth-order valence-electron chi connectivity index (χ4n) is 2.12. The first-order chi connectivity index (χ1) is 8.12. The number of fused-ring (bicyclic) bond motifs is 1. The third kappa shape index (κ3) is 2.99. The van der Waals surface area contributed by atoms with Gasteiger partial charge in [-0.2, -0.15) is 0 Å².